The van der Waals surface area contributed by atoms with Gasteiger partial charge in [0.2, 0.25) is 0 Å². The normalized spacial score (nSPS) is 11.6. The van der Waals surface area contributed by atoms with Crippen LogP contribution in [-0.4, -0.2) is 4.98 Å². The molecule has 18 heavy (non-hydrogen) atoms. The van der Waals surface area contributed by atoms with Gasteiger partial charge in [-0.1, -0.05) is 23.7 Å². The Bertz CT molecular complexity index is 895. The van der Waals surface area contributed by atoms with Crippen molar-refractivity contribution in [2.75, 3.05) is 0 Å². The maximum Gasteiger partial charge on any atom is 0.143 e. The first-order valence-corrected chi connectivity index (χ1v) is 6.05. The minimum atomic E-state index is 0.716. The van der Waals surface area contributed by atoms with Gasteiger partial charge in [0.05, 0.1) is 0 Å². The molecule has 0 fully saturated rings. The Labute approximate surface area is 108 Å². The van der Waals surface area contributed by atoms with E-state index in [1.54, 1.807) is 6.20 Å². The molecule has 2 heterocycles. The van der Waals surface area contributed by atoms with Crippen LogP contribution in [-0.2, 0) is 0 Å². The van der Waals surface area contributed by atoms with Gasteiger partial charge in [0.15, 0.2) is 0 Å². The van der Waals surface area contributed by atoms with Crippen LogP contribution in [0, 0.1) is 0 Å². The molecule has 4 rings (SSSR count). The largest absolute Gasteiger partial charge is 0.455 e. The molecule has 2 nitrogen and oxygen atoms in total. The third-order valence-electron chi connectivity index (χ3n) is 3.22. The number of aromatic nitrogens is 1. The van der Waals surface area contributed by atoms with Gasteiger partial charge in [-0.15, -0.1) is 0 Å². The van der Waals surface area contributed by atoms with Gasteiger partial charge in [-0.25, -0.2) is 0 Å². The highest BCUT2D eigenvalue weighted by atomic mass is 35.5. The molecule has 0 spiro atoms. The molecule has 2 aromatic heterocycles. The zero-order valence-electron chi connectivity index (χ0n) is 9.35. The molecular formula is C15H8ClNO. The third kappa shape index (κ3) is 1.27. The molecule has 86 valence electrons. The Morgan fingerprint density at radius 1 is 0.944 bits per heavy atom. The number of hydrogen-bond acceptors (Lipinski definition) is 2. The van der Waals surface area contributed by atoms with Crippen LogP contribution in [0.25, 0.3) is 32.7 Å². The van der Waals surface area contributed by atoms with Crippen molar-refractivity contribution < 1.29 is 4.42 Å². The van der Waals surface area contributed by atoms with Crippen LogP contribution < -0.4 is 0 Å². The van der Waals surface area contributed by atoms with E-state index >= 15 is 0 Å². The van der Waals surface area contributed by atoms with Crippen molar-refractivity contribution in [1.82, 2.24) is 4.98 Å². The molecule has 0 saturated heterocycles. The summed E-state index contributed by atoms with van der Waals surface area (Å²) in [5.74, 6) is 0. The predicted octanol–water partition coefficient (Wildman–Crippen LogP) is 4.79. The molecule has 0 atom stereocenters. The van der Waals surface area contributed by atoms with Crippen molar-refractivity contribution in [2.45, 2.75) is 0 Å². The summed E-state index contributed by atoms with van der Waals surface area (Å²) in [6.07, 6.45) is 3.57. The topological polar surface area (TPSA) is 26.0 Å². The molecule has 0 aliphatic heterocycles. The molecule has 0 N–H and O–H groups in total. The Hall–Kier alpha value is -2.06. The third-order valence-corrected chi connectivity index (χ3v) is 3.45. The molecule has 3 heteroatoms. The van der Waals surface area contributed by atoms with Gasteiger partial charge in [-0.05, 0) is 29.7 Å². The van der Waals surface area contributed by atoms with Crippen LogP contribution in [0.3, 0.4) is 0 Å². The number of fused-ring (bicyclic) bond motifs is 5. The Balaban J connectivity index is 2.31. The second-order valence-corrected chi connectivity index (χ2v) is 4.72. The second-order valence-electron chi connectivity index (χ2n) is 4.28. The fraction of sp³-hybridized carbons (Fsp3) is 0. The summed E-state index contributed by atoms with van der Waals surface area (Å²) in [4.78, 5) is 4.15. The summed E-state index contributed by atoms with van der Waals surface area (Å²) in [5, 5.41) is 4.99. The fourth-order valence-electron chi connectivity index (χ4n) is 2.37. The van der Waals surface area contributed by atoms with Crippen LogP contribution >= 0.6 is 11.6 Å². The first-order valence-electron chi connectivity index (χ1n) is 5.67. The Kier molecular flexibility index (Phi) is 1.91. The van der Waals surface area contributed by atoms with Crippen molar-refractivity contribution in [3.05, 3.63) is 53.8 Å². The van der Waals surface area contributed by atoms with E-state index in [0.29, 0.717) is 5.02 Å². The number of furan rings is 1. The van der Waals surface area contributed by atoms with Crippen molar-refractivity contribution >= 4 is 44.3 Å². The van der Waals surface area contributed by atoms with Crippen molar-refractivity contribution in [3.63, 3.8) is 0 Å². The van der Waals surface area contributed by atoms with Crippen LogP contribution in [0.1, 0.15) is 0 Å². The lowest BCUT2D eigenvalue weighted by molar-refractivity contribution is 0.672. The van der Waals surface area contributed by atoms with E-state index in [1.165, 1.54) is 0 Å². The highest BCUT2D eigenvalue weighted by molar-refractivity contribution is 6.32. The number of nitrogens with zero attached hydrogens (tertiary/aromatic N) is 1. The maximum absolute atomic E-state index is 6.06. The number of hydrogen-bond donors (Lipinski definition) is 0. The molecule has 0 aliphatic carbocycles. The van der Waals surface area contributed by atoms with Gasteiger partial charge in [0, 0.05) is 33.6 Å². The average Bonchev–Trinajstić information content (AvgIpc) is 2.78. The fourth-order valence-corrected chi connectivity index (χ4v) is 2.54. The first kappa shape index (κ1) is 9.92. The van der Waals surface area contributed by atoms with Crippen LogP contribution in [0.15, 0.2) is 53.2 Å². The molecule has 0 aliphatic rings. The summed E-state index contributed by atoms with van der Waals surface area (Å²) in [7, 11) is 0. The van der Waals surface area contributed by atoms with Crippen molar-refractivity contribution in [1.29, 1.82) is 0 Å². The van der Waals surface area contributed by atoms with Crippen molar-refractivity contribution in [2.24, 2.45) is 0 Å². The summed E-state index contributed by atoms with van der Waals surface area (Å²) in [6.45, 7) is 0. The van der Waals surface area contributed by atoms with E-state index < -0.39 is 0 Å². The number of halogens is 1. The first-order chi connectivity index (χ1) is 8.83. The van der Waals surface area contributed by atoms with Gasteiger partial charge in [-0.2, -0.15) is 0 Å². The van der Waals surface area contributed by atoms with Crippen LogP contribution in [0.4, 0.5) is 0 Å². The van der Waals surface area contributed by atoms with E-state index in [2.05, 4.69) is 17.1 Å². The smallest absolute Gasteiger partial charge is 0.143 e. The summed E-state index contributed by atoms with van der Waals surface area (Å²) >= 11 is 6.06. The van der Waals surface area contributed by atoms with Crippen LogP contribution in [0.5, 0.6) is 0 Å². The minimum Gasteiger partial charge on any atom is -0.455 e. The molecular weight excluding hydrogens is 246 g/mol. The quantitative estimate of drug-likeness (QED) is 0.450. The zero-order valence-corrected chi connectivity index (χ0v) is 10.1. The van der Waals surface area contributed by atoms with E-state index in [1.807, 2.05) is 30.5 Å². The van der Waals surface area contributed by atoms with Gasteiger partial charge < -0.3 is 4.42 Å². The molecule has 0 saturated carbocycles. The van der Waals surface area contributed by atoms with Gasteiger partial charge in [-0.3, -0.25) is 4.98 Å². The van der Waals surface area contributed by atoms with E-state index in [9.17, 15) is 0 Å². The molecule has 4 aromatic rings. The molecule has 0 radical (unpaired) electrons. The van der Waals surface area contributed by atoms with E-state index in [0.717, 1.165) is 32.7 Å². The molecule has 0 amide bonds. The Morgan fingerprint density at radius 2 is 1.83 bits per heavy atom. The highest BCUT2D eigenvalue weighted by Gasteiger charge is 2.09. The lowest BCUT2D eigenvalue weighted by atomic mass is 10.1. The molecule has 0 unspecified atom stereocenters. The average molecular weight is 254 g/mol. The summed E-state index contributed by atoms with van der Waals surface area (Å²) in [5.41, 5.74) is 1.73. The summed E-state index contributed by atoms with van der Waals surface area (Å²) in [6, 6.07) is 11.9. The van der Waals surface area contributed by atoms with Crippen LogP contribution in [0.2, 0.25) is 5.02 Å². The maximum atomic E-state index is 6.06. The number of benzene rings is 2. The lowest BCUT2D eigenvalue weighted by Crippen LogP contribution is -1.74. The van der Waals surface area contributed by atoms with Gasteiger partial charge in [0.25, 0.3) is 0 Å². The lowest BCUT2D eigenvalue weighted by Gasteiger charge is -1.99. The molecule has 0 bridgehead atoms. The van der Waals surface area contributed by atoms with Crippen molar-refractivity contribution in [3.8, 4) is 0 Å². The van der Waals surface area contributed by atoms with E-state index in [-0.39, 0.29) is 0 Å². The SMILES string of the molecule is Clc1ccc2ccc3c4cnccc4oc3c2c1. The highest BCUT2D eigenvalue weighted by Crippen LogP contribution is 2.34. The van der Waals surface area contributed by atoms with Gasteiger partial charge in [0.1, 0.15) is 11.2 Å². The number of pyridine rings is 1. The zero-order chi connectivity index (χ0) is 12.1. The van der Waals surface area contributed by atoms with E-state index in [4.69, 9.17) is 16.0 Å². The minimum absolute atomic E-state index is 0.716. The predicted molar refractivity (Wildman–Crippen MR) is 74.0 cm³/mol. The number of rotatable bonds is 0. The van der Waals surface area contributed by atoms with Gasteiger partial charge >= 0.3 is 0 Å². The molecule has 2 aromatic carbocycles. The standard InChI is InChI=1S/C15H8ClNO/c16-10-3-1-9-2-4-11-13-8-17-6-5-14(13)18-15(11)12(9)7-10/h1-8H. The summed E-state index contributed by atoms with van der Waals surface area (Å²) < 4.78 is 5.92. The second kappa shape index (κ2) is 3.47. The Morgan fingerprint density at radius 3 is 2.78 bits per heavy atom. The monoisotopic (exact) mass is 253 g/mol.